The number of hydrogen-bond acceptors (Lipinski definition) is 3. The predicted molar refractivity (Wildman–Crippen MR) is 111 cm³/mol. The molecule has 3 heteroatoms. The van der Waals surface area contributed by atoms with E-state index in [4.69, 9.17) is 9.47 Å². The summed E-state index contributed by atoms with van der Waals surface area (Å²) in [4.78, 5) is 11.5. The van der Waals surface area contributed by atoms with Gasteiger partial charge in [-0.05, 0) is 45.4 Å². The van der Waals surface area contributed by atoms with Crippen LogP contribution in [0.25, 0.3) is 0 Å². The third-order valence-electron chi connectivity index (χ3n) is 4.23. The van der Waals surface area contributed by atoms with E-state index < -0.39 is 0 Å². The molecule has 0 aromatic rings. The first-order valence-corrected chi connectivity index (χ1v) is 10.8. The van der Waals surface area contributed by atoms with Gasteiger partial charge in [-0.25, -0.2) is 0 Å². The molecule has 0 heterocycles. The van der Waals surface area contributed by atoms with Gasteiger partial charge in [0.2, 0.25) is 0 Å². The van der Waals surface area contributed by atoms with Crippen molar-refractivity contribution in [2.45, 2.75) is 97.3 Å². The molecule has 0 saturated carbocycles. The molecule has 0 aromatic carbocycles. The topological polar surface area (TPSA) is 35.5 Å². The Hall–Kier alpha value is -1.09. The molecule has 0 aliphatic heterocycles. The fourth-order valence-electron chi connectivity index (χ4n) is 2.64. The molecule has 0 saturated heterocycles. The fraction of sp³-hybridized carbons (Fsp3) is 0.783. The molecule has 26 heavy (non-hydrogen) atoms. The summed E-state index contributed by atoms with van der Waals surface area (Å²) in [5.74, 6) is -0.0628. The predicted octanol–water partition coefficient (Wildman–Crippen LogP) is 6.77. The summed E-state index contributed by atoms with van der Waals surface area (Å²) in [6, 6.07) is 0. The van der Waals surface area contributed by atoms with Crippen molar-refractivity contribution in [3.8, 4) is 0 Å². The normalized spacial score (nSPS) is 11.6. The smallest absolute Gasteiger partial charge is 0.305 e. The lowest BCUT2D eigenvalue weighted by atomic mass is 10.1. The van der Waals surface area contributed by atoms with Crippen LogP contribution in [0.15, 0.2) is 24.3 Å². The Morgan fingerprint density at radius 2 is 1.38 bits per heavy atom. The van der Waals surface area contributed by atoms with Crippen molar-refractivity contribution in [2.75, 3.05) is 19.8 Å². The molecule has 0 atom stereocenters. The van der Waals surface area contributed by atoms with Gasteiger partial charge in [0.05, 0.1) is 6.61 Å². The van der Waals surface area contributed by atoms with Crippen molar-refractivity contribution in [3.63, 3.8) is 0 Å². The molecule has 0 rings (SSSR count). The van der Waals surface area contributed by atoms with Crippen LogP contribution >= 0.6 is 0 Å². The zero-order valence-electron chi connectivity index (χ0n) is 17.3. The average molecular weight is 367 g/mol. The van der Waals surface area contributed by atoms with Gasteiger partial charge in [0.1, 0.15) is 0 Å². The lowest BCUT2D eigenvalue weighted by Gasteiger charge is -2.05. The van der Waals surface area contributed by atoms with Crippen molar-refractivity contribution in [3.05, 3.63) is 24.3 Å². The van der Waals surface area contributed by atoms with Crippen LogP contribution in [-0.2, 0) is 14.3 Å². The Morgan fingerprint density at radius 3 is 2.08 bits per heavy atom. The Bertz CT molecular complexity index is 347. The fourth-order valence-corrected chi connectivity index (χ4v) is 2.64. The highest BCUT2D eigenvalue weighted by molar-refractivity contribution is 5.69. The maximum Gasteiger partial charge on any atom is 0.305 e. The van der Waals surface area contributed by atoms with Crippen LogP contribution in [0.1, 0.15) is 97.3 Å². The van der Waals surface area contributed by atoms with E-state index in [1.807, 2.05) is 6.92 Å². The average Bonchev–Trinajstić information content (AvgIpc) is 2.64. The van der Waals surface area contributed by atoms with Gasteiger partial charge < -0.3 is 9.47 Å². The molecular formula is C23H42O3. The van der Waals surface area contributed by atoms with Gasteiger partial charge >= 0.3 is 5.97 Å². The number of allylic oxidation sites excluding steroid dienone is 4. The van der Waals surface area contributed by atoms with E-state index in [-0.39, 0.29) is 5.97 Å². The summed E-state index contributed by atoms with van der Waals surface area (Å²) in [5.41, 5.74) is 0. The van der Waals surface area contributed by atoms with Crippen LogP contribution in [0.3, 0.4) is 0 Å². The quantitative estimate of drug-likeness (QED) is 0.144. The van der Waals surface area contributed by atoms with Crippen molar-refractivity contribution in [1.29, 1.82) is 0 Å². The molecule has 0 N–H and O–H groups in total. The minimum Gasteiger partial charge on any atom is -0.466 e. The van der Waals surface area contributed by atoms with E-state index in [1.54, 1.807) is 0 Å². The zero-order chi connectivity index (χ0) is 19.1. The van der Waals surface area contributed by atoms with E-state index in [0.29, 0.717) is 19.6 Å². The molecule has 152 valence electrons. The van der Waals surface area contributed by atoms with Crippen LogP contribution in [-0.4, -0.2) is 25.8 Å². The minimum absolute atomic E-state index is 0.0628. The zero-order valence-corrected chi connectivity index (χ0v) is 17.3. The number of hydrogen-bond donors (Lipinski definition) is 0. The van der Waals surface area contributed by atoms with E-state index in [1.165, 1.54) is 51.4 Å². The SMILES string of the molecule is CCCCCC=CCC=CCCCCCCCC(=O)OCCCOCC. The van der Waals surface area contributed by atoms with Crippen molar-refractivity contribution < 1.29 is 14.3 Å². The van der Waals surface area contributed by atoms with Gasteiger partial charge in [-0.2, -0.15) is 0 Å². The third-order valence-corrected chi connectivity index (χ3v) is 4.23. The number of ether oxygens (including phenoxy) is 2. The Labute approximate surface area is 162 Å². The summed E-state index contributed by atoms with van der Waals surface area (Å²) in [6.07, 6.45) is 23.7. The molecule has 0 fully saturated rings. The second kappa shape index (κ2) is 22.0. The Balaban J connectivity index is 3.25. The molecule has 0 bridgehead atoms. The summed E-state index contributed by atoms with van der Waals surface area (Å²) in [5, 5.41) is 0. The lowest BCUT2D eigenvalue weighted by molar-refractivity contribution is -0.144. The third kappa shape index (κ3) is 21.0. The maximum absolute atomic E-state index is 11.5. The van der Waals surface area contributed by atoms with Gasteiger partial charge in [0.25, 0.3) is 0 Å². The number of esters is 1. The van der Waals surface area contributed by atoms with Crippen molar-refractivity contribution >= 4 is 5.97 Å². The maximum atomic E-state index is 11.5. The summed E-state index contributed by atoms with van der Waals surface area (Å²) >= 11 is 0. The van der Waals surface area contributed by atoms with Crippen LogP contribution in [0.4, 0.5) is 0 Å². The standard InChI is InChI=1S/C23H42O3/c1-3-5-6-7-8-9-10-11-12-13-14-15-16-17-18-20-23(24)26-22-19-21-25-4-2/h8-9,11-12H,3-7,10,13-22H2,1-2H3. The van der Waals surface area contributed by atoms with Gasteiger partial charge in [-0.15, -0.1) is 0 Å². The molecule has 3 nitrogen and oxygen atoms in total. The molecule has 0 aliphatic rings. The Kier molecular flexibility index (Phi) is 21.0. The molecule has 0 aromatic heterocycles. The second-order valence-corrected chi connectivity index (χ2v) is 6.75. The lowest BCUT2D eigenvalue weighted by Crippen LogP contribution is -2.07. The highest BCUT2D eigenvalue weighted by Gasteiger charge is 2.02. The van der Waals surface area contributed by atoms with E-state index in [9.17, 15) is 4.79 Å². The summed E-state index contributed by atoms with van der Waals surface area (Å²) in [7, 11) is 0. The Morgan fingerprint density at radius 1 is 0.731 bits per heavy atom. The molecule has 0 spiro atoms. The highest BCUT2D eigenvalue weighted by Crippen LogP contribution is 2.08. The van der Waals surface area contributed by atoms with Gasteiger partial charge in [-0.1, -0.05) is 63.3 Å². The van der Waals surface area contributed by atoms with E-state index in [0.717, 1.165) is 32.3 Å². The molecule has 0 radical (unpaired) electrons. The van der Waals surface area contributed by atoms with Crippen LogP contribution in [0.5, 0.6) is 0 Å². The second-order valence-electron chi connectivity index (χ2n) is 6.75. The minimum atomic E-state index is -0.0628. The highest BCUT2D eigenvalue weighted by atomic mass is 16.5. The number of rotatable bonds is 19. The molecule has 0 unspecified atom stereocenters. The molecular weight excluding hydrogens is 324 g/mol. The number of unbranched alkanes of at least 4 members (excludes halogenated alkanes) is 8. The molecule has 0 amide bonds. The molecule has 0 aliphatic carbocycles. The van der Waals surface area contributed by atoms with Crippen LogP contribution in [0.2, 0.25) is 0 Å². The van der Waals surface area contributed by atoms with Gasteiger partial charge in [0, 0.05) is 26.1 Å². The first-order valence-electron chi connectivity index (χ1n) is 10.8. The first-order chi connectivity index (χ1) is 12.8. The van der Waals surface area contributed by atoms with E-state index >= 15 is 0 Å². The largest absolute Gasteiger partial charge is 0.466 e. The van der Waals surface area contributed by atoms with Crippen molar-refractivity contribution in [1.82, 2.24) is 0 Å². The number of carbonyl (C=O) groups excluding carboxylic acids is 1. The summed E-state index contributed by atoms with van der Waals surface area (Å²) < 4.78 is 10.4. The van der Waals surface area contributed by atoms with Crippen molar-refractivity contribution in [2.24, 2.45) is 0 Å². The summed E-state index contributed by atoms with van der Waals surface area (Å²) in [6.45, 7) is 6.09. The number of carbonyl (C=O) groups is 1. The monoisotopic (exact) mass is 366 g/mol. The van der Waals surface area contributed by atoms with E-state index in [2.05, 4.69) is 31.2 Å². The van der Waals surface area contributed by atoms with Gasteiger partial charge in [0.15, 0.2) is 0 Å². The van der Waals surface area contributed by atoms with Crippen LogP contribution in [0, 0.1) is 0 Å². The first kappa shape index (κ1) is 24.9. The van der Waals surface area contributed by atoms with Gasteiger partial charge in [-0.3, -0.25) is 4.79 Å². The van der Waals surface area contributed by atoms with Crippen LogP contribution < -0.4 is 0 Å².